The molecule has 30 heavy (non-hydrogen) atoms. The summed E-state index contributed by atoms with van der Waals surface area (Å²) in [4.78, 5) is 27.2. The van der Waals surface area contributed by atoms with E-state index in [2.05, 4.69) is 13.8 Å². The minimum Gasteiger partial charge on any atom is -0.480 e. The zero-order chi connectivity index (χ0) is 22.0. The van der Waals surface area contributed by atoms with E-state index in [1.807, 2.05) is 36.4 Å². The van der Waals surface area contributed by atoms with Crippen LogP contribution in [0.1, 0.15) is 62.1 Å². The van der Waals surface area contributed by atoms with Gasteiger partial charge in [0.05, 0.1) is 5.92 Å². The number of benzene rings is 2. The molecule has 6 heteroatoms. The van der Waals surface area contributed by atoms with Crippen LogP contribution in [0.15, 0.2) is 42.5 Å². The van der Waals surface area contributed by atoms with Crippen molar-refractivity contribution in [2.24, 2.45) is 5.92 Å². The number of carboxylic acid groups (broad SMARTS) is 1. The van der Waals surface area contributed by atoms with Crippen molar-refractivity contribution in [1.82, 2.24) is 4.90 Å². The van der Waals surface area contributed by atoms with Crippen molar-refractivity contribution in [1.29, 1.82) is 0 Å². The number of carbonyl (C=O) groups is 2. The smallest absolute Gasteiger partial charge is 0.326 e. The summed E-state index contributed by atoms with van der Waals surface area (Å²) in [6.07, 6.45) is 0.969. The number of carbonyl (C=O) groups excluding carboxylic acids is 1. The molecule has 0 saturated heterocycles. The van der Waals surface area contributed by atoms with E-state index >= 15 is 0 Å². The molecule has 3 rings (SSSR count). The van der Waals surface area contributed by atoms with Crippen LogP contribution in [0.4, 0.5) is 0 Å². The summed E-state index contributed by atoms with van der Waals surface area (Å²) < 4.78 is 0. The summed E-state index contributed by atoms with van der Waals surface area (Å²) >= 11 is 12.9. The summed E-state index contributed by atoms with van der Waals surface area (Å²) in [6, 6.07) is 12.2. The molecule has 3 unspecified atom stereocenters. The molecule has 3 atom stereocenters. The Balaban J connectivity index is 2.25. The fraction of sp³-hybridized carbons (Fsp3) is 0.417. The van der Waals surface area contributed by atoms with Gasteiger partial charge in [0.1, 0.15) is 6.04 Å². The molecule has 0 aromatic heterocycles. The molecular weight excluding hydrogens is 421 g/mol. The predicted molar refractivity (Wildman–Crippen MR) is 120 cm³/mol. The summed E-state index contributed by atoms with van der Waals surface area (Å²) in [7, 11) is 0. The van der Waals surface area contributed by atoms with Crippen molar-refractivity contribution in [3.05, 3.63) is 69.2 Å². The summed E-state index contributed by atoms with van der Waals surface area (Å²) in [5.74, 6) is -1.54. The third kappa shape index (κ3) is 4.50. The summed E-state index contributed by atoms with van der Waals surface area (Å²) in [6.45, 7) is 6.18. The molecule has 1 N–H and O–H groups in total. The van der Waals surface area contributed by atoms with Gasteiger partial charge in [-0.1, -0.05) is 68.2 Å². The first kappa shape index (κ1) is 22.6. The number of halogens is 2. The van der Waals surface area contributed by atoms with E-state index in [1.54, 1.807) is 13.0 Å². The fourth-order valence-electron chi connectivity index (χ4n) is 4.41. The standard InChI is InChI=1S/C24H27Cl2NO3/c1-4-22(24(29)30)27-13-20(17-7-5-6-8-21(17)26)18-12-15(25)9-10-16(18)19(23(27)28)11-14(2)3/h5-10,12,14,19-20,22H,4,11,13H2,1-3H3,(H,29,30). The average Bonchev–Trinajstić information content (AvgIpc) is 2.79. The molecule has 1 aliphatic rings. The van der Waals surface area contributed by atoms with E-state index in [0.717, 1.165) is 16.7 Å². The molecule has 160 valence electrons. The number of hydrogen-bond acceptors (Lipinski definition) is 2. The molecular formula is C24H27Cl2NO3. The van der Waals surface area contributed by atoms with Gasteiger partial charge in [-0.2, -0.15) is 0 Å². The number of carboxylic acids is 1. The Labute approximate surface area is 187 Å². The van der Waals surface area contributed by atoms with Gasteiger partial charge in [0, 0.05) is 22.5 Å². The lowest BCUT2D eigenvalue weighted by Gasteiger charge is -2.32. The normalized spacial score (nSPS) is 20.1. The monoisotopic (exact) mass is 447 g/mol. The Kier molecular flexibility index (Phi) is 7.10. The lowest BCUT2D eigenvalue weighted by atomic mass is 9.82. The lowest BCUT2D eigenvalue weighted by molar-refractivity contribution is -0.151. The second-order valence-corrected chi connectivity index (χ2v) is 9.13. The molecule has 0 bridgehead atoms. The molecule has 1 aliphatic heterocycles. The molecule has 0 fully saturated rings. The number of amides is 1. The molecule has 2 aromatic carbocycles. The van der Waals surface area contributed by atoms with Gasteiger partial charge in [0.25, 0.3) is 0 Å². The van der Waals surface area contributed by atoms with Gasteiger partial charge in [-0.05, 0) is 53.6 Å². The maximum atomic E-state index is 13.7. The molecule has 4 nitrogen and oxygen atoms in total. The molecule has 0 spiro atoms. The summed E-state index contributed by atoms with van der Waals surface area (Å²) in [5, 5.41) is 11.0. The Morgan fingerprint density at radius 1 is 1.13 bits per heavy atom. The van der Waals surface area contributed by atoms with Crippen LogP contribution in [-0.2, 0) is 9.59 Å². The summed E-state index contributed by atoms with van der Waals surface area (Å²) in [5.41, 5.74) is 2.72. The molecule has 1 amide bonds. The molecule has 2 aromatic rings. The second-order valence-electron chi connectivity index (χ2n) is 8.28. The van der Waals surface area contributed by atoms with E-state index in [0.29, 0.717) is 22.9 Å². The number of nitrogens with zero attached hydrogens (tertiary/aromatic N) is 1. The first-order valence-corrected chi connectivity index (χ1v) is 11.1. The third-order valence-corrected chi connectivity index (χ3v) is 6.38. The molecule has 0 radical (unpaired) electrons. The first-order valence-electron chi connectivity index (χ1n) is 10.3. The van der Waals surface area contributed by atoms with E-state index in [9.17, 15) is 14.7 Å². The Morgan fingerprint density at radius 3 is 2.43 bits per heavy atom. The van der Waals surface area contributed by atoms with Crippen LogP contribution in [0.5, 0.6) is 0 Å². The Bertz CT molecular complexity index is 944. The van der Waals surface area contributed by atoms with Crippen molar-refractivity contribution in [3.63, 3.8) is 0 Å². The number of rotatable bonds is 6. The number of fused-ring (bicyclic) bond motifs is 1. The van der Waals surface area contributed by atoms with Gasteiger partial charge in [0.2, 0.25) is 5.91 Å². The highest BCUT2D eigenvalue weighted by Gasteiger charge is 2.40. The average molecular weight is 448 g/mol. The van der Waals surface area contributed by atoms with Crippen molar-refractivity contribution >= 4 is 35.1 Å². The molecule has 0 aliphatic carbocycles. The van der Waals surface area contributed by atoms with Crippen molar-refractivity contribution < 1.29 is 14.7 Å². The lowest BCUT2D eigenvalue weighted by Crippen LogP contribution is -2.47. The highest BCUT2D eigenvalue weighted by atomic mass is 35.5. The highest BCUT2D eigenvalue weighted by Crippen LogP contribution is 2.42. The van der Waals surface area contributed by atoms with Gasteiger partial charge >= 0.3 is 5.97 Å². The topological polar surface area (TPSA) is 57.6 Å². The second kappa shape index (κ2) is 9.40. The third-order valence-electron chi connectivity index (χ3n) is 5.80. The maximum absolute atomic E-state index is 13.7. The SMILES string of the molecule is CCC(C(=O)O)N1CC(c2ccccc2Cl)c2cc(Cl)ccc2C(CC(C)C)C1=O. The highest BCUT2D eigenvalue weighted by molar-refractivity contribution is 6.31. The van der Waals surface area contributed by atoms with Crippen LogP contribution in [0.3, 0.4) is 0 Å². The van der Waals surface area contributed by atoms with Crippen LogP contribution in [0.2, 0.25) is 10.0 Å². The van der Waals surface area contributed by atoms with Crippen LogP contribution in [0, 0.1) is 5.92 Å². The Hall–Kier alpha value is -2.04. The quantitative estimate of drug-likeness (QED) is 0.593. The molecule has 1 heterocycles. The Morgan fingerprint density at radius 2 is 1.83 bits per heavy atom. The van der Waals surface area contributed by atoms with E-state index in [4.69, 9.17) is 23.2 Å². The number of hydrogen-bond donors (Lipinski definition) is 1. The van der Waals surface area contributed by atoms with Crippen molar-refractivity contribution in [2.45, 2.75) is 51.5 Å². The minimum atomic E-state index is -0.990. The maximum Gasteiger partial charge on any atom is 0.326 e. The van der Waals surface area contributed by atoms with Crippen LogP contribution in [-0.4, -0.2) is 34.5 Å². The number of aliphatic carboxylic acids is 1. The predicted octanol–water partition coefficient (Wildman–Crippen LogP) is 5.96. The first-order chi connectivity index (χ1) is 14.2. The zero-order valence-corrected chi connectivity index (χ0v) is 19.0. The minimum absolute atomic E-state index is 0.143. The van der Waals surface area contributed by atoms with Crippen LogP contribution < -0.4 is 0 Å². The van der Waals surface area contributed by atoms with Gasteiger partial charge < -0.3 is 10.0 Å². The van der Waals surface area contributed by atoms with E-state index < -0.39 is 17.9 Å². The van der Waals surface area contributed by atoms with E-state index in [1.165, 1.54) is 4.90 Å². The van der Waals surface area contributed by atoms with Crippen LogP contribution >= 0.6 is 23.2 Å². The largest absolute Gasteiger partial charge is 0.480 e. The fourth-order valence-corrected chi connectivity index (χ4v) is 4.86. The van der Waals surface area contributed by atoms with E-state index in [-0.39, 0.29) is 24.3 Å². The van der Waals surface area contributed by atoms with Crippen molar-refractivity contribution in [2.75, 3.05) is 6.54 Å². The van der Waals surface area contributed by atoms with Crippen molar-refractivity contribution in [3.8, 4) is 0 Å². The zero-order valence-electron chi connectivity index (χ0n) is 17.4. The van der Waals surface area contributed by atoms with Gasteiger partial charge in [-0.3, -0.25) is 4.79 Å². The van der Waals surface area contributed by atoms with Gasteiger partial charge in [-0.25, -0.2) is 4.79 Å². The van der Waals surface area contributed by atoms with Crippen LogP contribution in [0.25, 0.3) is 0 Å². The van der Waals surface area contributed by atoms with Gasteiger partial charge in [0.15, 0.2) is 0 Å². The van der Waals surface area contributed by atoms with Gasteiger partial charge in [-0.15, -0.1) is 0 Å². The molecule has 0 saturated carbocycles.